The predicted molar refractivity (Wildman–Crippen MR) is 70.7 cm³/mol. The fraction of sp³-hybridized carbons (Fsp3) is 0.385. The Balaban J connectivity index is 2.40. The maximum absolute atomic E-state index is 12.2. The third-order valence-corrected chi connectivity index (χ3v) is 3.97. The Kier molecular flexibility index (Phi) is 3.90. The monoisotopic (exact) mass is 262 g/mol. The summed E-state index contributed by atoms with van der Waals surface area (Å²) in [5.74, 6) is 0.0691. The van der Waals surface area contributed by atoms with Crippen LogP contribution in [-0.2, 0) is 9.53 Å². The van der Waals surface area contributed by atoms with Gasteiger partial charge in [0.1, 0.15) is 0 Å². The van der Waals surface area contributed by atoms with E-state index in [9.17, 15) is 4.79 Å². The topological polar surface area (TPSA) is 53.3 Å². The van der Waals surface area contributed by atoms with E-state index in [4.69, 9.17) is 10.00 Å². The minimum absolute atomic E-state index is 0.0691. The number of carbonyl (C=O) groups excluding carboxylic acids is 1. The van der Waals surface area contributed by atoms with Crippen molar-refractivity contribution in [3.8, 4) is 6.07 Å². The fourth-order valence-electron chi connectivity index (χ4n) is 1.89. The van der Waals surface area contributed by atoms with Gasteiger partial charge in [0.2, 0.25) is 5.91 Å². The number of rotatable bonds is 3. The van der Waals surface area contributed by atoms with Crippen LogP contribution in [0, 0.1) is 11.3 Å². The lowest BCUT2D eigenvalue weighted by Crippen LogP contribution is -2.41. The fourth-order valence-corrected chi connectivity index (χ4v) is 2.94. The quantitative estimate of drug-likeness (QED) is 0.836. The second kappa shape index (κ2) is 5.42. The van der Waals surface area contributed by atoms with Gasteiger partial charge >= 0.3 is 0 Å². The maximum Gasteiger partial charge on any atom is 0.240 e. The highest BCUT2D eigenvalue weighted by molar-refractivity contribution is 8.00. The van der Waals surface area contributed by atoms with Gasteiger partial charge < -0.3 is 9.64 Å². The molecule has 1 amide bonds. The van der Waals surface area contributed by atoms with Crippen LogP contribution in [0.1, 0.15) is 12.5 Å². The molecule has 4 nitrogen and oxygen atoms in total. The summed E-state index contributed by atoms with van der Waals surface area (Å²) in [6.07, 6.45) is 0. The molecule has 2 rings (SSSR count). The molecule has 1 aromatic rings. The first kappa shape index (κ1) is 12.9. The van der Waals surface area contributed by atoms with Gasteiger partial charge in [-0.3, -0.25) is 4.79 Å². The molecule has 1 aliphatic heterocycles. The molecule has 0 spiro atoms. The van der Waals surface area contributed by atoms with Crippen LogP contribution in [0.4, 0.5) is 5.69 Å². The molecule has 0 bridgehead atoms. The lowest BCUT2D eigenvalue weighted by atomic mass is 10.2. The summed E-state index contributed by atoms with van der Waals surface area (Å²) in [6, 6.07) is 7.55. The molecule has 0 aromatic heterocycles. The van der Waals surface area contributed by atoms with Crippen LogP contribution in [0.25, 0.3) is 0 Å². The summed E-state index contributed by atoms with van der Waals surface area (Å²) in [7, 11) is 1.61. The Hall–Kier alpha value is -1.51. The molecule has 1 aromatic carbocycles. The van der Waals surface area contributed by atoms with Crippen LogP contribution in [0.5, 0.6) is 0 Å². The Labute approximate surface area is 111 Å². The van der Waals surface area contributed by atoms with E-state index in [1.165, 1.54) is 11.8 Å². The lowest BCUT2D eigenvalue weighted by molar-refractivity contribution is -0.118. The summed E-state index contributed by atoms with van der Waals surface area (Å²) in [5, 5.41) is 8.84. The molecule has 1 aliphatic rings. The number of hydrogen-bond acceptors (Lipinski definition) is 4. The number of nitriles is 1. The Morgan fingerprint density at radius 2 is 2.33 bits per heavy atom. The number of fused-ring (bicyclic) bond motifs is 1. The van der Waals surface area contributed by atoms with Gasteiger partial charge in [0.25, 0.3) is 0 Å². The summed E-state index contributed by atoms with van der Waals surface area (Å²) in [4.78, 5) is 14.9. The molecule has 1 heterocycles. The van der Waals surface area contributed by atoms with Crippen molar-refractivity contribution in [2.75, 3.05) is 25.2 Å². The van der Waals surface area contributed by atoms with E-state index >= 15 is 0 Å². The zero-order chi connectivity index (χ0) is 13.1. The number of amides is 1. The zero-order valence-electron chi connectivity index (χ0n) is 10.3. The number of nitrogens with zero attached hydrogens (tertiary/aromatic N) is 2. The number of carbonyl (C=O) groups is 1. The van der Waals surface area contributed by atoms with E-state index in [0.29, 0.717) is 18.7 Å². The van der Waals surface area contributed by atoms with Gasteiger partial charge in [-0.05, 0) is 25.1 Å². The van der Waals surface area contributed by atoms with Crippen molar-refractivity contribution in [3.05, 3.63) is 23.8 Å². The van der Waals surface area contributed by atoms with Crippen LogP contribution in [-0.4, -0.2) is 31.4 Å². The molecule has 5 heteroatoms. The Bertz CT molecular complexity index is 510. The first-order valence-electron chi connectivity index (χ1n) is 5.68. The van der Waals surface area contributed by atoms with Crippen LogP contribution in [0.2, 0.25) is 0 Å². The highest BCUT2D eigenvalue weighted by atomic mass is 32.2. The highest BCUT2D eigenvalue weighted by Gasteiger charge is 2.30. The van der Waals surface area contributed by atoms with Crippen molar-refractivity contribution in [1.29, 1.82) is 5.26 Å². The molecular formula is C13H14N2O2S. The van der Waals surface area contributed by atoms with E-state index in [-0.39, 0.29) is 11.2 Å². The minimum Gasteiger partial charge on any atom is -0.383 e. The Morgan fingerprint density at radius 1 is 1.56 bits per heavy atom. The minimum atomic E-state index is -0.0951. The SMILES string of the molecule is COCCN1C(=O)C(C)Sc2ccc(C#N)cc21. The zero-order valence-corrected chi connectivity index (χ0v) is 11.2. The second-order valence-corrected chi connectivity index (χ2v) is 5.42. The van der Waals surface area contributed by atoms with Crippen molar-refractivity contribution in [3.63, 3.8) is 0 Å². The standard InChI is InChI=1S/C13H14N2O2S/c1-9-13(16)15(5-6-17-2)11-7-10(8-14)3-4-12(11)18-9/h3-4,7,9H,5-6H2,1-2H3. The van der Waals surface area contributed by atoms with E-state index in [0.717, 1.165) is 10.6 Å². The largest absolute Gasteiger partial charge is 0.383 e. The first-order valence-corrected chi connectivity index (χ1v) is 6.56. The molecule has 0 N–H and O–H groups in total. The van der Waals surface area contributed by atoms with Crippen molar-refractivity contribution >= 4 is 23.4 Å². The van der Waals surface area contributed by atoms with Gasteiger partial charge in [-0.1, -0.05) is 0 Å². The van der Waals surface area contributed by atoms with Crippen molar-refractivity contribution in [2.45, 2.75) is 17.1 Å². The maximum atomic E-state index is 12.2. The smallest absolute Gasteiger partial charge is 0.240 e. The molecule has 1 atom stereocenters. The third-order valence-electron chi connectivity index (χ3n) is 2.82. The summed E-state index contributed by atoms with van der Waals surface area (Å²) >= 11 is 1.53. The lowest BCUT2D eigenvalue weighted by Gasteiger charge is -2.32. The number of benzene rings is 1. The number of thioether (sulfide) groups is 1. The normalized spacial score (nSPS) is 18.4. The van der Waals surface area contributed by atoms with Gasteiger partial charge in [0, 0.05) is 18.6 Å². The average molecular weight is 262 g/mol. The number of anilines is 1. The van der Waals surface area contributed by atoms with E-state index in [2.05, 4.69) is 6.07 Å². The van der Waals surface area contributed by atoms with Gasteiger partial charge in [0.15, 0.2) is 0 Å². The van der Waals surface area contributed by atoms with Gasteiger partial charge in [-0.25, -0.2) is 0 Å². The predicted octanol–water partition coefficient (Wildman–Crippen LogP) is 2.03. The molecule has 18 heavy (non-hydrogen) atoms. The first-order chi connectivity index (χ1) is 8.67. The molecule has 94 valence electrons. The summed E-state index contributed by atoms with van der Waals surface area (Å²) < 4.78 is 5.03. The second-order valence-electron chi connectivity index (χ2n) is 4.04. The van der Waals surface area contributed by atoms with E-state index < -0.39 is 0 Å². The molecule has 0 saturated heterocycles. The molecule has 0 fully saturated rings. The number of methoxy groups -OCH3 is 1. The molecular weight excluding hydrogens is 248 g/mol. The van der Waals surface area contributed by atoms with Gasteiger partial charge in [-0.15, -0.1) is 11.8 Å². The number of ether oxygens (including phenoxy) is 1. The van der Waals surface area contributed by atoms with Gasteiger partial charge in [0.05, 0.1) is 29.2 Å². The van der Waals surface area contributed by atoms with Crippen molar-refractivity contribution in [2.24, 2.45) is 0 Å². The summed E-state index contributed by atoms with van der Waals surface area (Å²) in [6.45, 7) is 2.90. The summed E-state index contributed by atoms with van der Waals surface area (Å²) in [5.41, 5.74) is 1.39. The molecule has 0 saturated carbocycles. The molecule has 1 unspecified atom stereocenters. The van der Waals surface area contributed by atoms with Crippen LogP contribution >= 0.6 is 11.8 Å². The van der Waals surface area contributed by atoms with E-state index in [1.807, 2.05) is 13.0 Å². The van der Waals surface area contributed by atoms with Crippen LogP contribution < -0.4 is 4.90 Å². The van der Waals surface area contributed by atoms with Crippen molar-refractivity contribution < 1.29 is 9.53 Å². The van der Waals surface area contributed by atoms with Crippen LogP contribution in [0.15, 0.2) is 23.1 Å². The third kappa shape index (κ3) is 2.35. The molecule has 0 aliphatic carbocycles. The Morgan fingerprint density at radius 3 is 3.00 bits per heavy atom. The average Bonchev–Trinajstić information content (AvgIpc) is 2.39. The molecule has 0 radical (unpaired) electrons. The van der Waals surface area contributed by atoms with Crippen LogP contribution in [0.3, 0.4) is 0 Å². The van der Waals surface area contributed by atoms with E-state index in [1.54, 1.807) is 24.1 Å². The van der Waals surface area contributed by atoms with Crippen molar-refractivity contribution in [1.82, 2.24) is 0 Å². The number of hydrogen-bond donors (Lipinski definition) is 0. The van der Waals surface area contributed by atoms with Gasteiger partial charge in [-0.2, -0.15) is 5.26 Å². The highest BCUT2D eigenvalue weighted by Crippen LogP contribution is 2.39.